The number of hydrogen-bond acceptors (Lipinski definition) is 6. The third-order valence-corrected chi connectivity index (χ3v) is 5.13. The summed E-state index contributed by atoms with van der Waals surface area (Å²) in [5.41, 5.74) is 0. The van der Waals surface area contributed by atoms with E-state index in [0.717, 1.165) is 12.1 Å². The van der Waals surface area contributed by atoms with Crippen LogP contribution >= 0.6 is 0 Å². The molecule has 1 aromatic carbocycles. The lowest BCUT2D eigenvalue weighted by atomic mass is 10.1. The Hall–Kier alpha value is -2.51. The first kappa shape index (κ1) is 22.5. The molecule has 0 aliphatic heterocycles. The second kappa shape index (κ2) is 9.99. The smallest absolute Gasteiger partial charge is 0.324 e. The predicted molar refractivity (Wildman–Crippen MR) is 94.2 cm³/mol. The quantitative estimate of drug-likeness (QED) is 0.620. The van der Waals surface area contributed by atoms with Gasteiger partial charge in [-0.05, 0) is 18.1 Å². The van der Waals surface area contributed by atoms with Gasteiger partial charge >= 0.3 is 5.97 Å². The standard InChI is InChI=1S/C17H22FN3O5S/c1-12(2)16(17(23)26-11-15(22)21(3)10-6-9-19)20-27(24,25)14-8-5-4-7-13(14)18/h4-5,7-8,12,16,20H,6,10-11H2,1-3H3/t16-/m0/s1. The molecule has 1 aromatic rings. The van der Waals surface area contributed by atoms with Gasteiger partial charge in [0.1, 0.15) is 16.8 Å². The van der Waals surface area contributed by atoms with Crippen LogP contribution < -0.4 is 4.72 Å². The van der Waals surface area contributed by atoms with Crippen molar-refractivity contribution in [2.75, 3.05) is 20.2 Å². The van der Waals surface area contributed by atoms with Crippen LogP contribution in [0.1, 0.15) is 20.3 Å². The fraction of sp³-hybridized carbons (Fsp3) is 0.471. The van der Waals surface area contributed by atoms with Crippen LogP contribution in [0.4, 0.5) is 4.39 Å². The minimum absolute atomic E-state index is 0.132. The molecule has 148 valence electrons. The van der Waals surface area contributed by atoms with E-state index in [1.807, 2.05) is 6.07 Å². The Bertz CT molecular complexity index is 820. The Morgan fingerprint density at radius 3 is 2.52 bits per heavy atom. The molecule has 1 N–H and O–H groups in total. The van der Waals surface area contributed by atoms with E-state index < -0.39 is 51.2 Å². The molecule has 1 amide bonds. The summed E-state index contributed by atoms with van der Waals surface area (Å²) < 4.78 is 45.6. The molecular weight excluding hydrogens is 377 g/mol. The van der Waals surface area contributed by atoms with Crippen molar-refractivity contribution >= 4 is 21.9 Å². The molecule has 0 radical (unpaired) electrons. The second-order valence-electron chi connectivity index (χ2n) is 6.10. The van der Waals surface area contributed by atoms with Crippen molar-refractivity contribution in [3.05, 3.63) is 30.1 Å². The van der Waals surface area contributed by atoms with Crippen LogP contribution in [-0.2, 0) is 24.3 Å². The summed E-state index contributed by atoms with van der Waals surface area (Å²) >= 11 is 0. The number of nitrogens with one attached hydrogen (secondary N) is 1. The lowest BCUT2D eigenvalue weighted by molar-refractivity contribution is -0.153. The molecule has 1 rings (SSSR count). The number of esters is 1. The highest BCUT2D eigenvalue weighted by Crippen LogP contribution is 2.16. The maximum atomic E-state index is 13.8. The average molecular weight is 399 g/mol. The van der Waals surface area contributed by atoms with Gasteiger partial charge < -0.3 is 9.64 Å². The first-order valence-corrected chi connectivity index (χ1v) is 9.63. The third kappa shape index (κ3) is 6.62. The molecule has 0 aliphatic carbocycles. The summed E-state index contributed by atoms with van der Waals surface area (Å²) in [5.74, 6) is -2.94. The van der Waals surface area contributed by atoms with Crippen molar-refractivity contribution < 1.29 is 27.1 Å². The van der Waals surface area contributed by atoms with Crippen LogP contribution in [0.2, 0.25) is 0 Å². The fourth-order valence-electron chi connectivity index (χ4n) is 2.02. The van der Waals surface area contributed by atoms with Gasteiger partial charge in [-0.25, -0.2) is 12.8 Å². The van der Waals surface area contributed by atoms with Crippen LogP contribution in [0.5, 0.6) is 0 Å². The molecule has 1 atom stereocenters. The van der Waals surface area contributed by atoms with E-state index in [1.165, 1.54) is 24.1 Å². The number of likely N-dealkylation sites (N-methyl/N-ethyl adjacent to an activating group) is 1. The van der Waals surface area contributed by atoms with Crippen LogP contribution in [0, 0.1) is 23.1 Å². The highest BCUT2D eigenvalue weighted by atomic mass is 32.2. The number of hydrogen-bond donors (Lipinski definition) is 1. The van der Waals surface area contributed by atoms with E-state index in [2.05, 4.69) is 4.72 Å². The second-order valence-corrected chi connectivity index (χ2v) is 7.79. The molecule has 0 bridgehead atoms. The zero-order valence-corrected chi connectivity index (χ0v) is 16.1. The molecule has 27 heavy (non-hydrogen) atoms. The van der Waals surface area contributed by atoms with Crippen LogP contribution in [0.25, 0.3) is 0 Å². The van der Waals surface area contributed by atoms with E-state index in [4.69, 9.17) is 10.00 Å². The molecule has 8 nitrogen and oxygen atoms in total. The highest BCUT2D eigenvalue weighted by molar-refractivity contribution is 7.89. The molecular formula is C17H22FN3O5S. The van der Waals surface area contributed by atoms with E-state index >= 15 is 0 Å². The zero-order chi connectivity index (χ0) is 20.6. The van der Waals surface area contributed by atoms with Gasteiger partial charge in [0.15, 0.2) is 6.61 Å². The van der Waals surface area contributed by atoms with Crippen LogP contribution in [-0.4, -0.2) is 51.4 Å². The van der Waals surface area contributed by atoms with Crippen LogP contribution in [0.3, 0.4) is 0 Å². The summed E-state index contributed by atoms with van der Waals surface area (Å²) in [7, 11) is -2.85. The van der Waals surface area contributed by atoms with Gasteiger partial charge in [-0.1, -0.05) is 26.0 Å². The molecule has 0 spiro atoms. The lowest BCUT2D eigenvalue weighted by Gasteiger charge is -2.22. The molecule has 0 aromatic heterocycles. The summed E-state index contributed by atoms with van der Waals surface area (Å²) in [4.78, 5) is 24.7. The number of nitrogens with zero attached hydrogens (tertiary/aromatic N) is 2. The molecule has 0 saturated heterocycles. The largest absolute Gasteiger partial charge is 0.454 e. The Morgan fingerprint density at radius 1 is 1.33 bits per heavy atom. The van der Waals surface area contributed by atoms with Crippen molar-refractivity contribution in [1.82, 2.24) is 9.62 Å². The topological polar surface area (TPSA) is 117 Å². The van der Waals surface area contributed by atoms with Crippen molar-refractivity contribution in [2.24, 2.45) is 5.92 Å². The molecule has 0 unspecified atom stereocenters. The Morgan fingerprint density at radius 2 is 1.96 bits per heavy atom. The average Bonchev–Trinajstić information content (AvgIpc) is 2.61. The minimum Gasteiger partial charge on any atom is -0.454 e. The van der Waals surface area contributed by atoms with E-state index in [0.29, 0.717) is 0 Å². The summed E-state index contributed by atoms with van der Waals surface area (Å²) in [6.07, 6.45) is 0.132. The van der Waals surface area contributed by atoms with Gasteiger partial charge in [0.05, 0.1) is 12.5 Å². The molecule has 0 aliphatic rings. The van der Waals surface area contributed by atoms with E-state index in [1.54, 1.807) is 13.8 Å². The number of rotatable bonds is 9. The third-order valence-electron chi connectivity index (χ3n) is 3.65. The summed E-state index contributed by atoms with van der Waals surface area (Å²) in [6.45, 7) is 2.75. The first-order chi connectivity index (χ1) is 12.6. The number of carbonyl (C=O) groups excluding carboxylic acids is 2. The monoisotopic (exact) mass is 399 g/mol. The maximum absolute atomic E-state index is 13.8. The van der Waals surface area contributed by atoms with E-state index in [9.17, 15) is 22.4 Å². The molecule has 0 heterocycles. The normalized spacial score (nSPS) is 12.3. The number of benzene rings is 1. The van der Waals surface area contributed by atoms with E-state index in [-0.39, 0.29) is 13.0 Å². The number of sulfonamides is 1. The van der Waals surface area contributed by atoms with Crippen molar-refractivity contribution in [3.8, 4) is 6.07 Å². The minimum atomic E-state index is -4.30. The van der Waals surface area contributed by atoms with Crippen molar-refractivity contribution in [2.45, 2.75) is 31.2 Å². The molecule has 0 saturated carbocycles. The summed E-state index contributed by atoms with van der Waals surface area (Å²) in [6, 6.07) is 5.36. The van der Waals surface area contributed by atoms with Gasteiger partial charge in [-0.3, -0.25) is 9.59 Å². The molecule has 10 heteroatoms. The van der Waals surface area contributed by atoms with Crippen LogP contribution in [0.15, 0.2) is 29.2 Å². The van der Waals surface area contributed by atoms with Gasteiger partial charge in [-0.15, -0.1) is 0 Å². The van der Waals surface area contributed by atoms with Gasteiger partial charge in [-0.2, -0.15) is 9.98 Å². The maximum Gasteiger partial charge on any atom is 0.324 e. The van der Waals surface area contributed by atoms with Gasteiger partial charge in [0.2, 0.25) is 10.0 Å². The lowest BCUT2D eigenvalue weighted by Crippen LogP contribution is -2.46. The van der Waals surface area contributed by atoms with Crippen molar-refractivity contribution in [1.29, 1.82) is 5.26 Å². The Labute approximate surface area is 158 Å². The van der Waals surface area contributed by atoms with Crippen molar-refractivity contribution in [3.63, 3.8) is 0 Å². The number of ether oxygens (including phenoxy) is 1. The fourth-order valence-corrected chi connectivity index (χ4v) is 3.44. The van der Waals surface area contributed by atoms with Gasteiger partial charge in [0, 0.05) is 13.6 Å². The predicted octanol–water partition coefficient (Wildman–Crippen LogP) is 1.04. The zero-order valence-electron chi connectivity index (χ0n) is 15.3. The SMILES string of the molecule is CC(C)[C@H](NS(=O)(=O)c1ccccc1F)C(=O)OCC(=O)N(C)CCC#N. The Kier molecular flexibility index (Phi) is 8.33. The Balaban J connectivity index is 2.81. The molecule has 0 fully saturated rings. The van der Waals surface area contributed by atoms with Gasteiger partial charge in [0.25, 0.3) is 5.91 Å². The number of nitriles is 1. The number of amides is 1. The number of carbonyl (C=O) groups is 2. The summed E-state index contributed by atoms with van der Waals surface area (Å²) in [5, 5.41) is 8.51. The highest BCUT2D eigenvalue weighted by Gasteiger charge is 2.31. The number of halogens is 1. The first-order valence-electron chi connectivity index (χ1n) is 8.14.